The molecule has 0 unspecified atom stereocenters. The van der Waals surface area contributed by atoms with Crippen LogP contribution in [0.25, 0.3) is 6.08 Å². The zero-order valence-electron chi connectivity index (χ0n) is 12.5. The molecule has 0 bridgehead atoms. The Kier molecular flexibility index (Phi) is 4.80. The number of aryl methyl sites for hydroxylation is 2. The van der Waals surface area contributed by atoms with Crippen LogP contribution in [0.3, 0.4) is 0 Å². The molecule has 21 heavy (non-hydrogen) atoms. The molecule has 0 saturated carbocycles. The monoisotopic (exact) mass is 287 g/mol. The van der Waals surface area contributed by atoms with Gasteiger partial charge in [-0.1, -0.05) is 29.8 Å². The molecule has 1 aliphatic rings. The lowest BCUT2D eigenvalue weighted by Crippen LogP contribution is -2.41. The summed E-state index contributed by atoms with van der Waals surface area (Å²) in [7, 11) is 0.688. The Morgan fingerprint density at radius 3 is 2.33 bits per heavy atom. The van der Waals surface area contributed by atoms with Crippen molar-refractivity contribution >= 4 is 25.1 Å². The molecule has 0 spiro atoms. The average molecular weight is 287 g/mol. The van der Waals surface area contributed by atoms with Crippen LogP contribution in [0.2, 0.25) is 0 Å². The van der Waals surface area contributed by atoms with Crippen molar-refractivity contribution in [1.82, 2.24) is 4.90 Å². The van der Waals surface area contributed by atoms with Crippen molar-refractivity contribution in [1.29, 1.82) is 0 Å². The lowest BCUT2D eigenvalue weighted by Gasteiger charge is -2.21. The van der Waals surface area contributed by atoms with Crippen LogP contribution in [-0.4, -0.2) is 44.1 Å². The summed E-state index contributed by atoms with van der Waals surface area (Å²) in [4.78, 5) is 24.7. The number of nitrogens with zero attached hydrogens (tertiary/aromatic N) is 1. The number of hydrogen-bond acceptors (Lipinski definition) is 5. The van der Waals surface area contributed by atoms with E-state index >= 15 is 0 Å². The van der Waals surface area contributed by atoms with E-state index in [0.717, 1.165) is 11.1 Å². The topological polar surface area (TPSA) is 55.8 Å². The number of benzene rings is 1. The molecular weight excluding hydrogens is 269 g/mol. The van der Waals surface area contributed by atoms with Gasteiger partial charge in [-0.2, -0.15) is 0 Å². The minimum Gasteiger partial charge on any atom is -0.495 e. The van der Waals surface area contributed by atoms with E-state index in [1.54, 1.807) is 24.0 Å². The van der Waals surface area contributed by atoms with Gasteiger partial charge in [0.05, 0.1) is 13.1 Å². The minimum atomic E-state index is -0.973. The Labute approximate surface area is 124 Å². The summed E-state index contributed by atoms with van der Waals surface area (Å²) in [6.07, 6.45) is 1.80. The van der Waals surface area contributed by atoms with Crippen LogP contribution in [0.5, 0.6) is 0 Å². The van der Waals surface area contributed by atoms with Crippen molar-refractivity contribution in [2.75, 3.05) is 20.1 Å². The summed E-state index contributed by atoms with van der Waals surface area (Å²) >= 11 is 0. The standard InChI is InChI=1S/C15H18BNO4/c1-11-4-5-13(12(2)8-11)6-7-16-20-14(18)9-17(3)10-15(19)21-16/h4-8H,9-10H2,1-3H3/b7-6+. The van der Waals surface area contributed by atoms with Crippen molar-refractivity contribution < 1.29 is 18.9 Å². The quantitative estimate of drug-likeness (QED) is 0.769. The zero-order chi connectivity index (χ0) is 15.4. The molecule has 6 heteroatoms. The first kappa shape index (κ1) is 15.3. The normalized spacial score (nSPS) is 17.4. The highest BCUT2D eigenvalue weighted by Gasteiger charge is 2.29. The van der Waals surface area contributed by atoms with Crippen LogP contribution in [0.1, 0.15) is 16.7 Å². The highest BCUT2D eigenvalue weighted by atomic mass is 16.6. The second kappa shape index (κ2) is 6.58. The first-order chi connectivity index (χ1) is 9.94. The fraction of sp³-hybridized carbons (Fsp3) is 0.333. The average Bonchev–Trinajstić information content (AvgIpc) is 2.35. The van der Waals surface area contributed by atoms with Crippen LogP contribution in [0, 0.1) is 13.8 Å². The van der Waals surface area contributed by atoms with Gasteiger partial charge < -0.3 is 9.31 Å². The molecule has 0 aromatic heterocycles. The maximum absolute atomic E-state index is 11.6. The second-order valence-electron chi connectivity index (χ2n) is 5.24. The summed E-state index contributed by atoms with van der Waals surface area (Å²) in [6, 6.07) is 6.03. The van der Waals surface area contributed by atoms with E-state index in [0.29, 0.717) is 0 Å². The van der Waals surface area contributed by atoms with E-state index in [2.05, 4.69) is 6.07 Å². The lowest BCUT2D eigenvalue weighted by molar-refractivity contribution is -0.145. The van der Waals surface area contributed by atoms with Crippen molar-refractivity contribution in [3.63, 3.8) is 0 Å². The molecule has 0 N–H and O–H groups in total. The van der Waals surface area contributed by atoms with Crippen molar-refractivity contribution in [2.24, 2.45) is 0 Å². The van der Waals surface area contributed by atoms with Gasteiger partial charge in [-0.05, 0) is 38.0 Å². The van der Waals surface area contributed by atoms with Crippen LogP contribution >= 0.6 is 0 Å². The Morgan fingerprint density at radius 2 is 1.76 bits per heavy atom. The van der Waals surface area contributed by atoms with E-state index in [9.17, 15) is 9.59 Å². The van der Waals surface area contributed by atoms with Gasteiger partial charge >= 0.3 is 19.1 Å². The van der Waals surface area contributed by atoms with Crippen molar-refractivity contribution in [3.05, 3.63) is 40.9 Å². The molecular formula is C15H18BNO4. The van der Waals surface area contributed by atoms with Gasteiger partial charge in [-0.25, -0.2) is 0 Å². The predicted octanol–water partition coefficient (Wildman–Crippen LogP) is 1.38. The first-order valence-electron chi connectivity index (χ1n) is 6.77. The van der Waals surface area contributed by atoms with E-state index in [1.165, 1.54) is 5.56 Å². The molecule has 1 aromatic carbocycles. The van der Waals surface area contributed by atoms with E-state index < -0.39 is 19.1 Å². The third-order valence-electron chi connectivity index (χ3n) is 3.15. The highest BCUT2D eigenvalue weighted by molar-refractivity contribution is 6.55. The third kappa shape index (κ3) is 4.46. The van der Waals surface area contributed by atoms with Gasteiger partial charge in [0.1, 0.15) is 0 Å². The predicted molar refractivity (Wildman–Crippen MR) is 80.4 cm³/mol. The molecule has 110 valence electrons. The number of likely N-dealkylation sites (N-methyl/N-ethyl adjacent to an activating group) is 1. The Morgan fingerprint density at radius 1 is 1.14 bits per heavy atom. The first-order valence-corrected chi connectivity index (χ1v) is 6.77. The summed E-state index contributed by atoms with van der Waals surface area (Å²) < 4.78 is 10.2. The van der Waals surface area contributed by atoms with Crippen molar-refractivity contribution in [3.8, 4) is 0 Å². The van der Waals surface area contributed by atoms with E-state index in [1.807, 2.05) is 26.0 Å². The van der Waals surface area contributed by atoms with E-state index in [-0.39, 0.29) is 13.1 Å². The molecule has 0 radical (unpaired) electrons. The van der Waals surface area contributed by atoms with Gasteiger partial charge in [0.2, 0.25) is 0 Å². The number of carbonyl (C=O) groups excluding carboxylic acids is 2. The fourth-order valence-electron chi connectivity index (χ4n) is 2.13. The SMILES string of the molecule is Cc1ccc(/C=C/B2OC(=O)CN(C)CC(=O)O2)c(C)c1. The number of rotatable bonds is 2. The lowest BCUT2D eigenvalue weighted by atomic mass is 9.87. The maximum Gasteiger partial charge on any atom is 0.628 e. The molecule has 5 nitrogen and oxygen atoms in total. The maximum atomic E-state index is 11.6. The molecule has 0 aliphatic carbocycles. The zero-order valence-corrected chi connectivity index (χ0v) is 12.5. The summed E-state index contributed by atoms with van der Waals surface area (Å²) in [6.45, 7) is 4.17. The summed E-state index contributed by atoms with van der Waals surface area (Å²) in [5.74, 6) is 0.749. The van der Waals surface area contributed by atoms with Crippen molar-refractivity contribution in [2.45, 2.75) is 13.8 Å². The molecule has 0 amide bonds. The Hall–Kier alpha value is -2.08. The molecule has 0 atom stereocenters. The van der Waals surface area contributed by atoms with Gasteiger partial charge in [-0.3, -0.25) is 14.5 Å². The number of carbonyl (C=O) groups is 2. The fourth-order valence-corrected chi connectivity index (χ4v) is 2.13. The summed E-state index contributed by atoms with van der Waals surface area (Å²) in [5, 5.41) is 0. The van der Waals surface area contributed by atoms with Crippen LogP contribution in [0.15, 0.2) is 24.2 Å². The van der Waals surface area contributed by atoms with Gasteiger partial charge in [0.15, 0.2) is 0 Å². The second-order valence-corrected chi connectivity index (χ2v) is 5.24. The minimum absolute atomic E-state index is 0.0724. The van der Waals surface area contributed by atoms with Crippen LogP contribution in [-0.2, 0) is 18.9 Å². The van der Waals surface area contributed by atoms with Gasteiger partial charge in [0.25, 0.3) is 0 Å². The third-order valence-corrected chi connectivity index (χ3v) is 3.15. The Balaban J connectivity index is 2.11. The molecule has 2 rings (SSSR count). The summed E-state index contributed by atoms with van der Waals surface area (Å²) in [5.41, 5.74) is 3.28. The largest absolute Gasteiger partial charge is 0.628 e. The highest BCUT2D eigenvalue weighted by Crippen LogP contribution is 2.13. The molecule has 1 aliphatic heterocycles. The molecule has 1 fully saturated rings. The van der Waals surface area contributed by atoms with Crippen LogP contribution in [0.4, 0.5) is 0 Å². The van der Waals surface area contributed by atoms with Gasteiger partial charge in [0, 0.05) is 0 Å². The Bertz CT molecular complexity index is 565. The molecule has 1 heterocycles. The van der Waals surface area contributed by atoms with Crippen LogP contribution < -0.4 is 0 Å². The molecule has 1 saturated heterocycles. The molecule has 1 aromatic rings. The van der Waals surface area contributed by atoms with E-state index in [4.69, 9.17) is 9.31 Å². The number of hydrogen-bond donors (Lipinski definition) is 0. The van der Waals surface area contributed by atoms with Gasteiger partial charge in [-0.15, -0.1) is 0 Å². The smallest absolute Gasteiger partial charge is 0.495 e.